The van der Waals surface area contributed by atoms with Crippen LogP contribution in [0, 0.1) is 24.2 Å². The molecule has 6 rings (SSSR count). The number of aliphatic hydroxyl groups excluding tert-OH is 4. The Morgan fingerprint density at radius 2 is 1.74 bits per heavy atom. The molecular weight excluding hydrogens is 815 g/mol. The van der Waals surface area contributed by atoms with Crippen molar-refractivity contribution >= 4 is 45.4 Å². The van der Waals surface area contributed by atoms with Crippen LogP contribution < -0.4 is 4.74 Å². The molecular formula is C44H55NO15S. The van der Waals surface area contributed by atoms with Crippen molar-refractivity contribution in [3.8, 4) is 5.75 Å². The van der Waals surface area contributed by atoms with Crippen LogP contribution in [0.4, 0.5) is 4.79 Å². The molecule has 3 fully saturated rings. The van der Waals surface area contributed by atoms with Gasteiger partial charge in [0, 0.05) is 12.3 Å². The summed E-state index contributed by atoms with van der Waals surface area (Å²) in [5.74, 6) is -3.82. The molecule has 2 aromatic carbocycles. The number of aryl methyl sites for hydroxylation is 1. The van der Waals surface area contributed by atoms with E-state index in [0.29, 0.717) is 24.8 Å². The predicted octanol–water partition coefficient (Wildman–Crippen LogP) is 5.09. The van der Waals surface area contributed by atoms with Gasteiger partial charge in [0.25, 0.3) is 0 Å². The van der Waals surface area contributed by atoms with Gasteiger partial charge in [-0.2, -0.15) is 0 Å². The molecule has 0 aliphatic carbocycles. The van der Waals surface area contributed by atoms with Crippen LogP contribution >= 0.6 is 11.3 Å². The molecule has 17 heteroatoms. The Kier molecular flexibility index (Phi) is 14.2. The zero-order valence-corrected chi connectivity index (χ0v) is 35.6. The summed E-state index contributed by atoms with van der Waals surface area (Å²) < 4.78 is 35.3. The summed E-state index contributed by atoms with van der Waals surface area (Å²) >= 11 is 1.55. The van der Waals surface area contributed by atoms with E-state index in [9.17, 15) is 44.7 Å². The first-order valence-corrected chi connectivity index (χ1v) is 21.2. The molecule has 1 aromatic heterocycles. The van der Waals surface area contributed by atoms with Crippen LogP contribution in [-0.2, 0) is 44.7 Å². The summed E-state index contributed by atoms with van der Waals surface area (Å²) in [7, 11) is 0. The molecule has 4 heterocycles. The normalized spacial score (nSPS) is 33.5. The number of fused-ring (bicyclic) bond motifs is 2. The van der Waals surface area contributed by atoms with Crippen LogP contribution in [-0.4, -0.2) is 109 Å². The molecule has 0 spiro atoms. The van der Waals surface area contributed by atoms with E-state index in [2.05, 4.69) is 11.6 Å². The first-order valence-electron chi connectivity index (χ1n) is 20.4. The monoisotopic (exact) mass is 869 g/mol. The van der Waals surface area contributed by atoms with Crippen LogP contribution in [0.25, 0.3) is 10.2 Å². The van der Waals surface area contributed by atoms with Gasteiger partial charge in [-0.05, 0) is 88.3 Å². The minimum Gasteiger partial charge on any atom is -0.479 e. The number of aliphatic carboxylic acids is 1. The number of Topliss-reactive ketones (excluding diaryl/α,β-unsaturated/α-hetero) is 1. The number of cyclic esters (lactones) is 1. The van der Waals surface area contributed by atoms with E-state index in [1.165, 1.54) is 24.3 Å². The van der Waals surface area contributed by atoms with Crippen molar-refractivity contribution in [1.82, 2.24) is 4.98 Å². The third kappa shape index (κ3) is 10.6. The summed E-state index contributed by atoms with van der Waals surface area (Å²) in [5, 5.41) is 52.1. The highest BCUT2D eigenvalue weighted by Gasteiger charge is 2.53. The summed E-state index contributed by atoms with van der Waals surface area (Å²) in [6, 6.07) is 11.6. The number of allylic oxidation sites excluding steroid dienone is 1. The smallest absolute Gasteiger partial charge is 0.479 e. The van der Waals surface area contributed by atoms with Gasteiger partial charge in [-0.15, -0.1) is 17.9 Å². The minimum absolute atomic E-state index is 0.0938. The zero-order valence-electron chi connectivity index (χ0n) is 34.8. The summed E-state index contributed by atoms with van der Waals surface area (Å²) in [5.41, 5.74) is -0.0515. The number of hydrogen-bond acceptors (Lipinski definition) is 16. The van der Waals surface area contributed by atoms with Crippen molar-refractivity contribution in [3.05, 3.63) is 71.3 Å². The van der Waals surface area contributed by atoms with Crippen molar-refractivity contribution in [2.75, 3.05) is 0 Å². The Morgan fingerprint density at radius 3 is 2.43 bits per heavy atom. The lowest BCUT2D eigenvalue weighted by atomic mass is 9.71. The van der Waals surface area contributed by atoms with E-state index in [4.69, 9.17) is 28.4 Å². The van der Waals surface area contributed by atoms with E-state index < -0.39 is 96.2 Å². The van der Waals surface area contributed by atoms with Crippen LogP contribution in [0.2, 0.25) is 0 Å². The average Bonchev–Trinajstić information content (AvgIpc) is 3.68. The molecule has 332 valence electrons. The van der Waals surface area contributed by atoms with Crippen LogP contribution in [0.15, 0.2) is 55.1 Å². The van der Waals surface area contributed by atoms with E-state index in [1.807, 2.05) is 39.0 Å². The Labute approximate surface area is 357 Å². The number of thiazole rings is 1. The molecule has 0 amide bonds. The zero-order chi connectivity index (χ0) is 44.4. The van der Waals surface area contributed by atoms with Crippen molar-refractivity contribution in [2.24, 2.45) is 17.3 Å². The molecule has 0 unspecified atom stereocenters. The number of rotatable bonds is 9. The third-order valence-electron chi connectivity index (χ3n) is 12.1. The number of carbonyl (C=O) groups excluding carboxylic acids is 3. The third-order valence-corrected chi connectivity index (χ3v) is 13.0. The largest absolute Gasteiger partial charge is 0.508 e. The number of ketones is 1. The number of ether oxygens (including phenoxy) is 6. The molecule has 0 bridgehead atoms. The van der Waals surface area contributed by atoms with Gasteiger partial charge in [-0.1, -0.05) is 37.6 Å². The van der Waals surface area contributed by atoms with E-state index in [-0.39, 0.29) is 30.8 Å². The number of aliphatic hydroxyl groups is 4. The fourth-order valence-electron chi connectivity index (χ4n) is 8.12. The average molecular weight is 870 g/mol. The Bertz CT molecular complexity index is 2070. The van der Waals surface area contributed by atoms with Crippen molar-refractivity contribution < 1.29 is 73.1 Å². The molecule has 5 N–H and O–H groups in total. The molecule has 3 aliphatic rings. The Hall–Kier alpha value is -4.49. The van der Waals surface area contributed by atoms with Gasteiger partial charge >= 0.3 is 18.1 Å². The number of aromatic nitrogens is 1. The Morgan fingerprint density at radius 1 is 1.02 bits per heavy atom. The number of carboxylic acids is 1. The van der Waals surface area contributed by atoms with E-state index in [0.717, 1.165) is 27.2 Å². The molecule has 3 aromatic rings. The van der Waals surface area contributed by atoms with Gasteiger partial charge in [0.15, 0.2) is 6.10 Å². The maximum Gasteiger partial charge on any atom is 0.508 e. The van der Waals surface area contributed by atoms with Gasteiger partial charge < -0.3 is 54.0 Å². The van der Waals surface area contributed by atoms with Crippen LogP contribution in [0.3, 0.4) is 0 Å². The lowest BCUT2D eigenvalue weighted by Crippen LogP contribution is -2.61. The Balaban J connectivity index is 1.20. The number of esters is 1. The molecule has 12 atom stereocenters. The van der Waals surface area contributed by atoms with Crippen molar-refractivity contribution in [2.45, 2.75) is 140 Å². The van der Waals surface area contributed by atoms with Gasteiger partial charge in [0.05, 0.1) is 44.9 Å². The highest BCUT2D eigenvalue weighted by molar-refractivity contribution is 7.18. The maximum absolute atomic E-state index is 14.5. The van der Waals surface area contributed by atoms with E-state index >= 15 is 0 Å². The number of benzene rings is 2. The van der Waals surface area contributed by atoms with Crippen LogP contribution in [0.5, 0.6) is 5.75 Å². The lowest BCUT2D eigenvalue weighted by Gasteiger charge is -2.38. The molecule has 3 saturated heterocycles. The second-order valence-electron chi connectivity index (χ2n) is 17.0. The van der Waals surface area contributed by atoms with Gasteiger partial charge in [0.2, 0.25) is 6.29 Å². The molecule has 61 heavy (non-hydrogen) atoms. The SMILES string of the molecule is C=CC[C@H]1C(=O)C(C)(C)[C@@H](OC(=O)OCc2ccc(O[C@@H]3O[C@H](C(=O)O)[C@@H](O)[C@H](O)[C@H]3O)cc2)CC(=O)O[C@H](c2ccc3sc(C)nc3c2)C[C@@H]2O[C@]2(C)CCC[C@H](C)[C@@H]1O. The summed E-state index contributed by atoms with van der Waals surface area (Å²) in [4.78, 5) is 58.0. The lowest BCUT2D eigenvalue weighted by molar-refractivity contribution is -0.271. The first-order chi connectivity index (χ1) is 28.8. The number of hydrogen-bond donors (Lipinski definition) is 5. The van der Waals surface area contributed by atoms with Gasteiger partial charge in [-0.3, -0.25) is 9.59 Å². The maximum atomic E-state index is 14.5. The van der Waals surface area contributed by atoms with E-state index in [1.54, 1.807) is 31.3 Å². The second kappa shape index (κ2) is 18.9. The number of nitrogens with zero attached hydrogens (tertiary/aromatic N) is 1. The number of epoxide rings is 1. The fourth-order valence-corrected chi connectivity index (χ4v) is 8.92. The highest BCUT2D eigenvalue weighted by atomic mass is 32.1. The first kappa shape index (κ1) is 46.0. The summed E-state index contributed by atoms with van der Waals surface area (Å²) in [6.07, 6.45) is -9.93. The number of carbonyl (C=O) groups is 4. The molecule has 3 aliphatic heterocycles. The highest BCUT2D eigenvalue weighted by Crippen LogP contribution is 2.47. The number of carboxylic acid groups (broad SMARTS) is 1. The topological polar surface area (TPSA) is 241 Å². The summed E-state index contributed by atoms with van der Waals surface area (Å²) in [6.45, 7) is 12.4. The molecule has 0 saturated carbocycles. The molecule has 0 radical (unpaired) electrons. The molecule has 16 nitrogen and oxygen atoms in total. The quantitative estimate of drug-likeness (QED) is 0.107. The van der Waals surface area contributed by atoms with Crippen LogP contribution in [0.1, 0.15) is 88.5 Å². The van der Waals surface area contributed by atoms with Gasteiger partial charge in [-0.25, -0.2) is 14.6 Å². The van der Waals surface area contributed by atoms with Gasteiger partial charge in [0.1, 0.15) is 48.7 Å². The van der Waals surface area contributed by atoms with Crippen molar-refractivity contribution in [1.29, 1.82) is 0 Å². The predicted molar refractivity (Wildman–Crippen MR) is 218 cm³/mol. The van der Waals surface area contributed by atoms with Crippen molar-refractivity contribution in [3.63, 3.8) is 0 Å². The fraction of sp³-hybridized carbons (Fsp3) is 0.568. The standard InChI is InChI=1S/C44H55NO15S/c1-7-9-27-34(47)22(2)10-8-17-44(6)32(60-44)19-29(25-13-16-30-28(18-25)45-23(3)61-30)57-33(46)20-31(43(4,5)39(27)51)58-42(54)55-21-24-11-14-26(15-12-24)56-41-37(50)35(48)36(49)38(59-41)40(52)53/h7,11-16,18,22,27,29,31-32,34-38,41,47-50H,1,8-10,17,19-21H2,2-6H3,(H,52,53)/t22-,27+,29-,31-,32-,34-,35-,36-,37+,38-,41+,44+/m0/s1. The second-order valence-corrected chi connectivity index (χ2v) is 18.3. The minimum atomic E-state index is -1.88.